The second-order valence-corrected chi connectivity index (χ2v) is 7.35. The first kappa shape index (κ1) is 20.7. The zero-order valence-electron chi connectivity index (χ0n) is 17.3. The van der Waals surface area contributed by atoms with E-state index in [4.69, 9.17) is 25.8 Å². The van der Waals surface area contributed by atoms with Crippen LogP contribution in [0.25, 0.3) is 0 Å². The summed E-state index contributed by atoms with van der Waals surface area (Å²) in [5.74, 6) is 1.19. The molecule has 1 unspecified atom stereocenters. The summed E-state index contributed by atoms with van der Waals surface area (Å²) >= 11 is 6.05. The van der Waals surface area contributed by atoms with Crippen LogP contribution in [0.5, 0.6) is 11.5 Å². The van der Waals surface area contributed by atoms with Gasteiger partial charge in [0, 0.05) is 10.7 Å². The Bertz CT molecular complexity index is 1160. The number of aromatic nitrogens is 3. The second kappa shape index (κ2) is 8.69. The summed E-state index contributed by atoms with van der Waals surface area (Å²) in [5.41, 5.74) is 2.81. The number of rotatable bonds is 6. The van der Waals surface area contributed by atoms with Crippen LogP contribution in [0.2, 0.25) is 5.02 Å². The number of methoxy groups -OCH3 is 2. The van der Waals surface area contributed by atoms with Crippen LogP contribution >= 0.6 is 11.6 Å². The van der Waals surface area contributed by atoms with Gasteiger partial charge in [0.25, 0.3) is 0 Å². The lowest BCUT2D eigenvalue weighted by Gasteiger charge is -2.28. The molecule has 0 bridgehead atoms. The van der Waals surface area contributed by atoms with Crippen molar-refractivity contribution in [1.82, 2.24) is 14.8 Å². The summed E-state index contributed by atoms with van der Waals surface area (Å²) in [6.45, 7) is 2.14. The van der Waals surface area contributed by atoms with E-state index in [-0.39, 0.29) is 0 Å². The lowest BCUT2D eigenvalue weighted by atomic mass is 9.95. The number of halogens is 1. The molecule has 3 aromatic rings. The topological polar surface area (TPSA) is 87.5 Å². The second-order valence-electron chi connectivity index (χ2n) is 6.91. The number of esters is 1. The van der Waals surface area contributed by atoms with Crippen molar-refractivity contribution in [3.8, 4) is 11.5 Å². The summed E-state index contributed by atoms with van der Waals surface area (Å²) in [6, 6.07) is 12.4. The number of anilines is 1. The molecular weight excluding hydrogens is 420 g/mol. The number of benzene rings is 2. The average Bonchev–Trinajstić information content (AvgIpc) is 3.24. The highest BCUT2D eigenvalue weighted by Crippen LogP contribution is 2.39. The molecule has 2 aromatic carbocycles. The van der Waals surface area contributed by atoms with Gasteiger partial charge in [-0.2, -0.15) is 10.1 Å². The van der Waals surface area contributed by atoms with Gasteiger partial charge in [0.2, 0.25) is 5.95 Å². The molecule has 4 rings (SSSR count). The minimum absolute atomic E-state index is 0.337. The van der Waals surface area contributed by atoms with Crippen LogP contribution in [0.15, 0.2) is 60.1 Å². The number of carbonyl (C=O) groups excluding carboxylic acids is 1. The van der Waals surface area contributed by atoms with E-state index in [0.29, 0.717) is 40.3 Å². The minimum Gasteiger partial charge on any atom is -0.493 e. The van der Waals surface area contributed by atoms with E-state index in [0.717, 1.165) is 11.1 Å². The van der Waals surface area contributed by atoms with E-state index in [1.165, 1.54) is 13.4 Å². The first-order valence-electron chi connectivity index (χ1n) is 9.52. The van der Waals surface area contributed by atoms with Crippen molar-refractivity contribution in [1.29, 1.82) is 0 Å². The highest BCUT2D eigenvalue weighted by molar-refractivity contribution is 6.30. The molecule has 0 saturated heterocycles. The standard InChI is InChI=1S/C22H21ClN4O4/c1-13-19(21(28)30-3)20(27-22(26-13)24-12-25-27)15-7-8-17(18(10-15)29-2)31-11-14-5-4-6-16(23)9-14/h4-10,12,20H,11H2,1-3H3,(H,24,25,26). The van der Waals surface area contributed by atoms with Gasteiger partial charge in [-0.25, -0.2) is 9.48 Å². The highest BCUT2D eigenvalue weighted by atomic mass is 35.5. The lowest BCUT2D eigenvalue weighted by Crippen LogP contribution is -2.29. The Balaban J connectivity index is 1.68. The summed E-state index contributed by atoms with van der Waals surface area (Å²) < 4.78 is 18.2. The fourth-order valence-corrected chi connectivity index (χ4v) is 3.75. The van der Waals surface area contributed by atoms with Crippen molar-refractivity contribution < 1.29 is 19.0 Å². The fourth-order valence-electron chi connectivity index (χ4n) is 3.53. The van der Waals surface area contributed by atoms with Crippen molar-refractivity contribution in [3.63, 3.8) is 0 Å². The van der Waals surface area contributed by atoms with Crippen LogP contribution < -0.4 is 14.8 Å². The molecule has 0 aliphatic carbocycles. The number of allylic oxidation sites excluding steroid dienone is 1. The van der Waals surface area contributed by atoms with Crippen molar-refractivity contribution in [2.75, 3.05) is 19.5 Å². The zero-order chi connectivity index (χ0) is 22.0. The van der Waals surface area contributed by atoms with Crippen LogP contribution in [0, 0.1) is 0 Å². The average molecular weight is 441 g/mol. The quantitative estimate of drug-likeness (QED) is 0.580. The van der Waals surface area contributed by atoms with Crippen LogP contribution in [0.1, 0.15) is 24.1 Å². The number of ether oxygens (including phenoxy) is 3. The molecule has 1 aliphatic rings. The summed E-state index contributed by atoms with van der Waals surface area (Å²) in [7, 11) is 2.92. The molecule has 0 radical (unpaired) electrons. The lowest BCUT2D eigenvalue weighted by molar-refractivity contribution is -0.136. The number of hydrogen-bond donors (Lipinski definition) is 1. The van der Waals surface area contributed by atoms with E-state index >= 15 is 0 Å². The number of nitrogens with zero attached hydrogens (tertiary/aromatic N) is 3. The molecule has 160 valence electrons. The molecule has 0 spiro atoms. The molecular formula is C22H21ClN4O4. The Labute approximate surface area is 184 Å². The van der Waals surface area contributed by atoms with Gasteiger partial charge >= 0.3 is 5.97 Å². The molecule has 31 heavy (non-hydrogen) atoms. The van der Waals surface area contributed by atoms with Crippen LogP contribution in [0.3, 0.4) is 0 Å². The molecule has 1 aromatic heterocycles. The molecule has 1 atom stereocenters. The van der Waals surface area contributed by atoms with Gasteiger partial charge < -0.3 is 19.5 Å². The Hall–Kier alpha value is -3.52. The van der Waals surface area contributed by atoms with Gasteiger partial charge in [0.05, 0.1) is 19.8 Å². The molecule has 9 heteroatoms. The third-order valence-electron chi connectivity index (χ3n) is 4.99. The third-order valence-corrected chi connectivity index (χ3v) is 5.22. The first-order valence-corrected chi connectivity index (χ1v) is 9.90. The highest BCUT2D eigenvalue weighted by Gasteiger charge is 2.34. The molecule has 0 fully saturated rings. The number of hydrogen-bond acceptors (Lipinski definition) is 7. The van der Waals surface area contributed by atoms with Crippen LogP contribution in [-0.2, 0) is 16.1 Å². The molecule has 0 saturated carbocycles. The summed E-state index contributed by atoms with van der Waals surface area (Å²) in [6.07, 6.45) is 1.43. The van der Waals surface area contributed by atoms with E-state index in [1.54, 1.807) is 18.7 Å². The van der Waals surface area contributed by atoms with Crippen molar-refractivity contribution >= 4 is 23.5 Å². The van der Waals surface area contributed by atoms with E-state index in [1.807, 2.05) is 42.5 Å². The largest absolute Gasteiger partial charge is 0.493 e. The molecule has 0 amide bonds. The maximum atomic E-state index is 12.6. The Kier molecular flexibility index (Phi) is 5.81. The van der Waals surface area contributed by atoms with Crippen molar-refractivity contribution in [2.24, 2.45) is 0 Å². The Morgan fingerprint density at radius 1 is 1.19 bits per heavy atom. The predicted molar refractivity (Wildman–Crippen MR) is 115 cm³/mol. The maximum Gasteiger partial charge on any atom is 0.338 e. The number of nitrogens with one attached hydrogen (secondary N) is 1. The summed E-state index contributed by atoms with van der Waals surface area (Å²) in [4.78, 5) is 16.8. The minimum atomic E-state index is -0.526. The molecule has 8 nitrogen and oxygen atoms in total. The third kappa shape index (κ3) is 4.06. The van der Waals surface area contributed by atoms with Gasteiger partial charge in [-0.1, -0.05) is 29.8 Å². The smallest absolute Gasteiger partial charge is 0.338 e. The maximum absolute atomic E-state index is 12.6. The van der Waals surface area contributed by atoms with E-state index in [9.17, 15) is 4.79 Å². The molecule has 1 N–H and O–H groups in total. The SMILES string of the molecule is COC(=O)C1=C(C)Nc2ncnn2C1c1ccc(OCc2cccc(Cl)c2)c(OC)c1. The molecule has 2 heterocycles. The fraction of sp³-hybridized carbons (Fsp3) is 0.227. The monoisotopic (exact) mass is 440 g/mol. The Morgan fingerprint density at radius 2 is 2.03 bits per heavy atom. The normalized spacial score (nSPS) is 15.2. The predicted octanol–water partition coefficient (Wildman–Crippen LogP) is 3.98. The van der Waals surface area contributed by atoms with Crippen LogP contribution in [-0.4, -0.2) is 35.0 Å². The Morgan fingerprint density at radius 3 is 2.77 bits per heavy atom. The number of carbonyl (C=O) groups is 1. The zero-order valence-corrected chi connectivity index (χ0v) is 18.0. The van der Waals surface area contributed by atoms with Crippen molar-refractivity contribution in [3.05, 3.63) is 76.2 Å². The van der Waals surface area contributed by atoms with Gasteiger partial charge in [0.15, 0.2) is 11.5 Å². The molecule has 1 aliphatic heterocycles. The van der Waals surface area contributed by atoms with Gasteiger partial charge in [0.1, 0.15) is 19.0 Å². The van der Waals surface area contributed by atoms with E-state index < -0.39 is 12.0 Å². The first-order chi connectivity index (χ1) is 15.0. The van der Waals surface area contributed by atoms with Gasteiger partial charge in [-0.15, -0.1) is 0 Å². The summed E-state index contributed by atoms with van der Waals surface area (Å²) in [5, 5.41) is 8.03. The van der Waals surface area contributed by atoms with E-state index in [2.05, 4.69) is 15.4 Å². The van der Waals surface area contributed by atoms with Gasteiger partial charge in [-0.3, -0.25) is 0 Å². The van der Waals surface area contributed by atoms with Crippen LogP contribution in [0.4, 0.5) is 5.95 Å². The van der Waals surface area contributed by atoms with Gasteiger partial charge in [-0.05, 0) is 42.3 Å². The number of fused-ring (bicyclic) bond motifs is 1. The van der Waals surface area contributed by atoms with Crippen molar-refractivity contribution in [2.45, 2.75) is 19.6 Å².